The molecule has 0 spiro atoms. The molecule has 0 N–H and O–H groups in total. The predicted molar refractivity (Wildman–Crippen MR) is 110 cm³/mol. The summed E-state index contributed by atoms with van der Waals surface area (Å²) in [5.74, 6) is 0.778. The highest BCUT2D eigenvalue weighted by molar-refractivity contribution is 6.35. The molecule has 1 heterocycles. The van der Waals surface area contributed by atoms with E-state index in [2.05, 4.69) is 10.2 Å². The monoisotopic (exact) mass is 434 g/mol. The first-order valence-corrected chi connectivity index (χ1v) is 9.86. The van der Waals surface area contributed by atoms with Gasteiger partial charge in [-0.3, -0.25) is 4.79 Å². The minimum Gasteiger partial charge on any atom is -0.492 e. The fourth-order valence-corrected chi connectivity index (χ4v) is 2.97. The second kappa shape index (κ2) is 9.76. The number of aryl methyl sites for hydroxylation is 1. The highest BCUT2D eigenvalue weighted by Gasteiger charge is 2.19. The SMILES string of the molecule is Cc1ccc(-c2nnc(C(C)OC(=O)CCCOc3ccc(Cl)cc3Cl)o2)cc1. The summed E-state index contributed by atoms with van der Waals surface area (Å²) in [5.41, 5.74) is 1.95. The van der Waals surface area contributed by atoms with Gasteiger partial charge in [0.15, 0.2) is 6.10 Å². The maximum absolute atomic E-state index is 12.1. The number of carbonyl (C=O) groups excluding carboxylic acids is 1. The number of hydrogen-bond acceptors (Lipinski definition) is 6. The molecule has 152 valence electrons. The average molecular weight is 435 g/mol. The molecule has 0 aliphatic rings. The number of ether oxygens (including phenoxy) is 2. The van der Waals surface area contributed by atoms with E-state index < -0.39 is 6.10 Å². The molecule has 0 aliphatic heterocycles. The number of esters is 1. The van der Waals surface area contributed by atoms with Gasteiger partial charge in [-0.1, -0.05) is 40.9 Å². The quantitative estimate of drug-likeness (QED) is 0.328. The van der Waals surface area contributed by atoms with Crippen LogP contribution in [-0.2, 0) is 9.53 Å². The summed E-state index contributed by atoms with van der Waals surface area (Å²) in [6.07, 6.45) is 0.0260. The third-order valence-corrected chi connectivity index (χ3v) is 4.60. The summed E-state index contributed by atoms with van der Waals surface area (Å²) in [6.45, 7) is 4.01. The van der Waals surface area contributed by atoms with Gasteiger partial charge in [0, 0.05) is 17.0 Å². The third kappa shape index (κ3) is 5.95. The smallest absolute Gasteiger partial charge is 0.306 e. The summed E-state index contributed by atoms with van der Waals surface area (Å²) in [5, 5.41) is 8.95. The minimum atomic E-state index is -0.638. The van der Waals surface area contributed by atoms with Crippen molar-refractivity contribution in [3.63, 3.8) is 0 Å². The molecule has 0 amide bonds. The molecule has 1 aromatic heterocycles. The Kier molecular flexibility index (Phi) is 7.12. The molecular weight excluding hydrogens is 415 g/mol. The molecule has 0 aliphatic carbocycles. The Bertz CT molecular complexity index is 973. The van der Waals surface area contributed by atoms with Gasteiger partial charge < -0.3 is 13.9 Å². The molecule has 3 rings (SSSR count). The predicted octanol–water partition coefficient (Wildman–Crippen LogP) is 5.82. The summed E-state index contributed by atoms with van der Waals surface area (Å²) in [6, 6.07) is 12.7. The average Bonchev–Trinajstić information content (AvgIpc) is 3.17. The van der Waals surface area contributed by atoms with Crippen LogP contribution in [0, 0.1) is 6.92 Å². The molecule has 1 atom stereocenters. The van der Waals surface area contributed by atoms with Crippen molar-refractivity contribution in [3.8, 4) is 17.2 Å². The third-order valence-electron chi connectivity index (χ3n) is 4.07. The van der Waals surface area contributed by atoms with Gasteiger partial charge >= 0.3 is 5.97 Å². The zero-order valence-corrected chi connectivity index (χ0v) is 17.5. The second-order valence-corrected chi connectivity index (χ2v) is 7.31. The molecule has 29 heavy (non-hydrogen) atoms. The standard InChI is InChI=1S/C21H20Cl2N2O4/c1-13-5-7-15(8-6-13)21-25-24-20(29-21)14(2)28-19(26)4-3-11-27-18-10-9-16(22)12-17(18)23/h5-10,12,14H,3-4,11H2,1-2H3. The van der Waals surface area contributed by atoms with Crippen molar-refractivity contribution >= 4 is 29.2 Å². The van der Waals surface area contributed by atoms with Crippen LogP contribution in [0.3, 0.4) is 0 Å². The summed E-state index contributed by atoms with van der Waals surface area (Å²) >= 11 is 11.9. The van der Waals surface area contributed by atoms with Gasteiger partial charge in [0.05, 0.1) is 11.6 Å². The van der Waals surface area contributed by atoms with Crippen molar-refractivity contribution in [2.75, 3.05) is 6.61 Å². The Labute approximate surface area is 178 Å². The van der Waals surface area contributed by atoms with Gasteiger partial charge in [-0.15, -0.1) is 10.2 Å². The van der Waals surface area contributed by atoms with Gasteiger partial charge in [0.2, 0.25) is 5.89 Å². The summed E-state index contributed by atoms with van der Waals surface area (Å²) in [7, 11) is 0. The van der Waals surface area contributed by atoms with Gasteiger partial charge in [0.1, 0.15) is 5.75 Å². The number of hydrogen-bond donors (Lipinski definition) is 0. The van der Waals surface area contributed by atoms with E-state index in [1.54, 1.807) is 25.1 Å². The molecule has 0 radical (unpaired) electrons. The number of nitrogens with zero attached hydrogens (tertiary/aromatic N) is 2. The number of halogens is 2. The lowest BCUT2D eigenvalue weighted by atomic mass is 10.1. The normalized spacial score (nSPS) is 11.9. The first kappa shape index (κ1) is 21.1. The van der Waals surface area contributed by atoms with Crippen LogP contribution in [0.25, 0.3) is 11.5 Å². The first-order valence-electron chi connectivity index (χ1n) is 9.10. The van der Waals surface area contributed by atoms with Crippen LogP contribution in [0.1, 0.15) is 37.3 Å². The highest BCUT2D eigenvalue weighted by Crippen LogP contribution is 2.28. The van der Waals surface area contributed by atoms with E-state index in [0.717, 1.165) is 11.1 Å². The van der Waals surface area contributed by atoms with Crippen molar-refractivity contribution < 1.29 is 18.7 Å². The Morgan fingerprint density at radius 2 is 1.90 bits per heavy atom. The number of benzene rings is 2. The zero-order valence-electron chi connectivity index (χ0n) is 16.0. The van der Waals surface area contributed by atoms with Crippen LogP contribution >= 0.6 is 23.2 Å². The fraction of sp³-hybridized carbons (Fsp3) is 0.286. The van der Waals surface area contributed by atoms with Crippen LogP contribution in [-0.4, -0.2) is 22.8 Å². The van der Waals surface area contributed by atoms with E-state index in [1.807, 2.05) is 31.2 Å². The molecular formula is C21H20Cl2N2O4. The molecule has 0 bridgehead atoms. The molecule has 3 aromatic rings. The van der Waals surface area contributed by atoms with Crippen molar-refractivity contribution in [1.29, 1.82) is 0 Å². The largest absolute Gasteiger partial charge is 0.492 e. The molecule has 2 aromatic carbocycles. The summed E-state index contributed by atoms with van der Waals surface area (Å²) < 4.78 is 16.5. The van der Waals surface area contributed by atoms with E-state index in [0.29, 0.717) is 34.7 Å². The van der Waals surface area contributed by atoms with Gasteiger partial charge in [0.25, 0.3) is 5.89 Å². The van der Waals surface area contributed by atoms with Gasteiger partial charge in [-0.05, 0) is 50.6 Å². The maximum atomic E-state index is 12.1. The lowest BCUT2D eigenvalue weighted by molar-refractivity contribution is -0.149. The van der Waals surface area contributed by atoms with E-state index in [-0.39, 0.29) is 18.3 Å². The number of rotatable bonds is 8. The minimum absolute atomic E-state index is 0.189. The lowest BCUT2D eigenvalue weighted by Crippen LogP contribution is -2.10. The van der Waals surface area contributed by atoms with Gasteiger partial charge in [-0.25, -0.2) is 0 Å². The zero-order chi connectivity index (χ0) is 20.8. The van der Waals surface area contributed by atoms with E-state index >= 15 is 0 Å². The van der Waals surface area contributed by atoms with Crippen LogP contribution in [0.15, 0.2) is 46.9 Å². The van der Waals surface area contributed by atoms with Crippen LogP contribution < -0.4 is 4.74 Å². The Hall–Kier alpha value is -2.57. The molecule has 1 unspecified atom stereocenters. The molecule has 0 saturated carbocycles. The molecule has 0 fully saturated rings. The Morgan fingerprint density at radius 3 is 2.62 bits per heavy atom. The highest BCUT2D eigenvalue weighted by atomic mass is 35.5. The Morgan fingerprint density at radius 1 is 1.14 bits per heavy atom. The Balaban J connectivity index is 1.45. The topological polar surface area (TPSA) is 74.5 Å². The summed E-state index contributed by atoms with van der Waals surface area (Å²) in [4.78, 5) is 12.1. The van der Waals surface area contributed by atoms with Crippen molar-refractivity contribution in [3.05, 3.63) is 64.0 Å². The number of aromatic nitrogens is 2. The van der Waals surface area contributed by atoms with Crippen LogP contribution in [0.5, 0.6) is 5.75 Å². The van der Waals surface area contributed by atoms with Crippen molar-refractivity contribution in [2.24, 2.45) is 0 Å². The first-order chi connectivity index (χ1) is 13.9. The van der Waals surface area contributed by atoms with Crippen LogP contribution in [0.2, 0.25) is 10.0 Å². The van der Waals surface area contributed by atoms with E-state index in [4.69, 9.17) is 37.1 Å². The van der Waals surface area contributed by atoms with Crippen LogP contribution in [0.4, 0.5) is 0 Å². The maximum Gasteiger partial charge on any atom is 0.306 e. The molecule has 6 nitrogen and oxygen atoms in total. The lowest BCUT2D eigenvalue weighted by Gasteiger charge is -2.10. The second-order valence-electron chi connectivity index (χ2n) is 6.47. The number of carbonyl (C=O) groups is 1. The fourth-order valence-electron chi connectivity index (χ4n) is 2.51. The van der Waals surface area contributed by atoms with Gasteiger partial charge in [-0.2, -0.15) is 0 Å². The van der Waals surface area contributed by atoms with E-state index in [9.17, 15) is 4.79 Å². The molecule has 0 saturated heterocycles. The van der Waals surface area contributed by atoms with Crippen molar-refractivity contribution in [2.45, 2.75) is 32.8 Å². The van der Waals surface area contributed by atoms with E-state index in [1.165, 1.54) is 0 Å². The van der Waals surface area contributed by atoms with Crippen molar-refractivity contribution in [1.82, 2.24) is 10.2 Å². The molecule has 8 heteroatoms.